The van der Waals surface area contributed by atoms with Crippen LogP contribution in [0.1, 0.15) is 48.1 Å². The number of aliphatic hydroxyl groups is 1. The van der Waals surface area contributed by atoms with Crippen LogP contribution in [0.15, 0.2) is 42.5 Å². The van der Waals surface area contributed by atoms with Gasteiger partial charge in [-0.15, -0.1) is 0 Å². The van der Waals surface area contributed by atoms with E-state index in [1.54, 1.807) is 0 Å². The molecule has 2 heteroatoms. The summed E-state index contributed by atoms with van der Waals surface area (Å²) in [6.07, 6.45) is -0.626. The number of rotatable bonds is 3. The normalized spacial score (nSPS) is 12.7. The van der Waals surface area contributed by atoms with E-state index in [2.05, 4.69) is 26.0 Å². The summed E-state index contributed by atoms with van der Waals surface area (Å²) in [4.78, 5) is 0. The van der Waals surface area contributed by atoms with Gasteiger partial charge in [-0.25, -0.2) is 0 Å². The summed E-state index contributed by atoms with van der Waals surface area (Å²) in [5.41, 5.74) is 4.06. The third kappa shape index (κ3) is 3.37. The highest BCUT2D eigenvalue weighted by molar-refractivity contribution is 6.30. The van der Waals surface area contributed by atoms with Crippen LogP contribution in [-0.4, -0.2) is 5.11 Å². The molecule has 2 aromatic rings. The number of aliphatic hydroxyl groups excluding tert-OH is 1. The summed E-state index contributed by atoms with van der Waals surface area (Å²) >= 11 is 6.04. The van der Waals surface area contributed by atoms with Crippen LogP contribution in [0.25, 0.3) is 0 Å². The molecule has 0 spiro atoms. The van der Waals surface area contributed by atoms with Gasteiger partial charge in [0.15, 0.2) is 0 Å². The zero-order valence-corrected chi connectivity index (χ0v) is 12.3. The van der Waals surface area contributed by atoms with Crippen LogP contribution in [0.5, 0.6) is 0 Å². The second kappa shape index (κ2) is 5.77. The maximum Gasteiger partial charge on any atom is 0.104 e. The second-order valence-electron chi connectivity index (χ2n) is 5.29. The van der Waals surface area contributed by atoms with Crippen molar-refractivity contribution in [2.45, 2.75) is 32.8 Å². The smallest absolute Gasteiger partial charge is 0.104 e. The largest absolute Gasteiger partial charge is 0.384 e. The molecule has 19 heavy (non-hydrogen) atoms. The van der Waals surface area contributed by atoms with E-state index in [1.165, 1.54) is 5.56 Å². The maximum atomic E-state index is 10.4. The van der Waals surface area contributed by atoms with Gasteiger partial charge in [0.05, 0.1) is 0 Å². The molecule has 100 valence electrons. The first-order valence-corrected chi connectivity index (χ1v) is 6.90. The Bertz CT molecular complexity index is 538. The molecule has 0 fully saturated rings. The first-order chi connectivity index (χ1) is 8.97. The van der Waals surface area contributed by atoms with Gasteiger partial charge in [0.1, 0.15) is 6.10 Å². The molecule has 1 N–H and O–H groups in total. The Morgan fingerprint density at radius 1 is 0.895 bits per heavy atom. The summed E-state index contributed by atoms with van der Waals surface area (Å²) in [5, 5.41) is 11.1. The molecule has 2 rings (SSSR count). The van der Waals surface area contributed by atoms with Gasteiger partial charge in [-0.2, -0.15) is 0 Å². The van der Waals surface area contributed by atoms with Crippen LogP contribution in [0.3, 0.4) is 0 Å². The average Bonchev–Trinajstić information content (AvgIpc) is 2.37. The molecule has 0 aliphatic heterocycles. The van der Waals surface area contributed by atoms with Gasteiger partial charge in [0.2, 0.25) is 0 Å². The molecule has 0 amide bonds. The summed E-state index contributed by atoms with van der Waals surface area (Å²) in [7, 11) is 0. The molecule has 2 aromatic carbocycles. The van der Waals surface area contributed by atoms with E-state index in [9.17, 15) is 5.11 Å². The molecule has 0 aromatic heterocycles. The van der Waals surface area contributed by atoms with Crippen LogP contribution in [-0.2, 0) is 0 Å². The summed E-state index contributed by atoms with van der Waals surface area (Å²) in [6.45, 7) is 6.29. The molecule has 1 unspecified atom stereocenters. The minimum atomic E-state index is -0.626. The van der Waals surface area contributed by atoms with Gasteiger partial charge in [0, 0.05) is 5.02 Å². The third-order valence-corrected chi connectivity index (χ3v) is 3.52. The molecule has 1 atom stereocenters. The number of hydrogen-bond acceptors (Lipinski definition) is 1. The molecule has 0 aliphatic rings. The highest BCUT2D eigenvalue weighted by Crippen LogP contribution is 2.26. The highest BCUT2D eigenvalue weighted by Gasteiger charge is 2.12. The van der Waals surface area contributed by atoms with Crippen molar-refractivity contribution in [3.05, 3.63) is 69.7 Å². The van der Waals surface area contributed by atoms with Gasteiger partial charge in [-0.3, -0.25) is 0 Å². The fourth-order valence-corrected chi connectivity index (χ4v) is 2.48. The van der Waals surface area contributed by atoms with Crippen molar-refractivity contribution < 1.29 is 5.11 Å². The van der Waals surface area contributed by atoms with Crippen molar-refractivity contribution in [1.29, 1.82) is 0 Å². The molecule has 0 aliphatic carbocycles. The number of hydrogen-bond donors (Lipinski definition) is 1. The molecular weight excluding hydrogens is 256 g/mol. The Labute approximate surface area is 119 Å². The van der Waals surface area contributed by atoms with Crippen LogP contribution in [0.2, 0.25) is 5.02 Å². The SMILES string of the molecule is Cc1cc(Cl)cc(C(O)c2ccc(C(C)C)cc2)c1. The van der Waals surface area contributed by atoms with Crippen LogP contribution < -0.4 is 0 Å². The van der Waals surface area contributed by atoms with Crippen LogP contribution >= 0.6 is 11.6 Å². The zero-order valence-electron chi connectivity index (χ0n) is 11.5. The Morgan fingerprint density at radius 3 is 2.00 bits per heavy atom. The quantitative estimate of drug-likeness (QED) is 0.848. The standard InChI is InChI=1S/C17H19ClO/c1-11(2)13-4-6-14(7-5-13)17(19)15-8-12(3)9-16(18)10-15/h4-11,17,19H,1-3H3. The highest BCUT2D eigenvalue weighted by atomic mass is 35.5. The van der Waals surface area contributed by atoms with Gasteiger partial charge in [-0.1, -0.05) is 55.8 Å². The lowest BCUT2D eigenvalue weighted by molar-refractivity contribution is 0.220. The topological polar surface area (TPSA) is 20.2 Å². The van der Waals surface area contributed by atoms with Crippen molar-refractivity contribution >= 4 is 11.6 Å². The Kier molecular flexibility index (Phi) is 4.28. The van der Waals surface area contributed by atoms with Crippen LogP contribution in [0, 0.1) is 6.92 Å². The molecule has 0 heterocycles. The predicted molar refractivity (Wildman–Crippen MR) is 80.8 cm³/mol. The van der Waals surface area contributed by atoms with Gasteiger partial charge in [0.25, 0.3) is 0 Å². The fourth-order valence-electron chi connectivity index (χ4n) is 2.18. The lowest BCUT2D eigenvalue weighted by Crippen LogP contribution is -2.00. The summed E-state index contributed by atoms with van der Waals surface area (Å²) in [6, 6.07) is 13.8. The second-order valence-corrected chi connectivity index (χ2v) is 5.72. The lowest BCUT2D eigenvalue weighted by atomic mass is 9.96. The molecule has 0 bridgehead atoms. The molecule has 0 saturated carbocycles. The predicted octanol–water partition coefficient (Wildman–Crippen LogP) is 4.85. The molecular formula is C17H19ClO. The van der Waals surface area contributed by atoms with E-state index in [-0.39, 0.29) is 0 Å². The summed E-state index contributed by atoms with van der Waals surface area (Å²) < 4.78 is 0. The lowest BCUT2D eigenvalue weighted by Gasteiger charge is -2.14. The Balaban J connectivity index is 2.30. The van der Waals surface area contributed by atoms with E-state index in [0.717, 1.165) is 16.7 Å². The minimum absolute atomic E-state index is 0.500. The Hall–Kier alpha value is -1.31. The number of benzene rings is 2. The average molecular weight is 275 g/mol. The first kappa shape index (κ1) is 14.1. The van der Waals surface area contributed by atoms with Crippen molar-refractivity contribution in [1.82, 2.24) is 0 Å². The fraction of sp³-hybridized carbons (Fsp3) is 0.294. The Morgan fingerprint density at radius 2 is 1.47 bits per heavy atom. The van der Waals surface area contributed by atoms with Crippen molar-refractivity contribution in [3.8, 4) is 0 Å². The van der Waals surface area contributed by atoms with E-state index in [1.807, 2.05) is 37.3 Å². The summed E-state index contributed by atoms with van der Waals surface area (Å²) in [5.74, 6) is 0.500. The molecule has 1 nitrogen and oxygen atoms in total. The van der Waals surface area contributed by atoms with E-state index in [4.69, 9.17) is 11.6 Å². The van der Waals surface area contributed by atoms with E-state index < -0.39 is 6.10 Å². The number of halogens is 1. The first-order valence-electron chi connectivity index (χ1n) is 6.52. The van der Waals surface area contributed by atoms with Gasteiger partial charge >= 0.3 is 0 Å². The minimum Gasteiger partial charge on any atom is -0.384 e. The maximum absolute atomic E-state index is 10.4. The van der Waals surface area contributed by atoms with Gasteiger partial charge in [-0.05, 0) is 47.2 Å². The van der Waals surface area contributed by atoms with Crippen molar-refractivity contribution in [2.24, 2.45) is 0 Å². The van der Waals surface area contributed by atoms with Gasteiger partial charge < -0.3 is 5.11 Å². The zero-order chi connectivity index (χ0) is 14.0. The third-order valence-electron chi connectivity index (χ3n) is 3.30. The molecule has 0 radical (unpaired) electrons. The van der Waals surface area contributed by atoms with E-state index in [0.29, 0.717) is 10.9 Å². The van der Waals surface area contributed by atoms with Crippen molar-refractivity contribution in [2.75, 3.05) is 0 Å². The van der Waals surface area contributed by atoms with Crippen LogP contribution in [0.4, 0.5) is 0 Å². The van der Waals surface area contributed by atoms with E-state index >= 15 is 0 Å². The molecule has 0 saturated heterocycles. The van der Waals surface area contributed by atoms with Crippen molar-refractivity contribution in [3.63, 3.8) is 0 Å². The monoisotopic (exact) mass is 274 g/mol. The number of aryl methyl sites for hydroxylation is 1.